The summed E-state index contributed by atoms with van der Waals surface area (Å²) in [5, 5.41) is 0. The quantitative estimate of drug-likeness (QED) is 0.544. The monoisotopic (exact) mass is 302 g/mol. The molecule has 21 heavy (non-hydrogen) atoms. The van der Waals surface area contributed by atoms with E-state index in [0.29, 0.717) is 6.61 Å². The Morgan fingerprint density at radius 2 is 1.67 bits per heavy atom. The van der Waals surface area contributed by atoms with Gasteiger partial charge in [-0.25, -0.2) is 0 Å². The Hall–Kier alpha value is -1.37. The molecule has 0 heterocycles. The summed E-state index contributed by atoms with van der Waals surface area (Å²) in [5.74, 6) is 0.920. The smallest absolute Gasteiger partial charge is 0.215 e. The van der Waals surface area contributed by atoms with Crippen molar-refractivity contribution in [3.63, 3.8) is 0 Å². The van der Waals surface area contributed by atoms with E-state index < -0.39 is 0 Å². The van der Waals surface area contributed by atoms with Crippen molar-refractivity contribution >= 4 is 9.03 Å². The average Bonchev–Trinajstić information content (AvgIpc) is 2.44. The van der Waals surface area contributed by atoms with Crippen LogP contribution in [0.1, 0.15) is 34.7 Å². The molecule has 0 fully saturated rings. The first-order valence-corrected chi connectivity index (χ1v) is 8.11. The number of hydrogen-bond donors (Lipinski definition) is 0. The largest absolute Gasteiger partial charge is 0.449 e. The second-order valence-electron chi connectivity index (χ2n) is 5.28. The maximum Gasteiger partial charge on any atom is 0.215 e. The van der Waals surface area contributed by atoms with Crippen LogP contribution in [-0.4, -0.2) is 6.61 Å². The summed E-state index contributed by atoms with van der Waals surface area (Å²) in [6, 6.07) is 12.7. The van der Waals surface area contributed by atoms with Gasteiger partial charge >= 0.3 is 0 Å². The van der Waals surface area contributed by atoms with Crippen LogP contribution in [0.5, 0.6) is 5.75 Å². The summed E-state index contributed by atoms with van der Waals surface area (Å²) in [5.41, 5.74) is 6.59. The van der Waals surface area contributed by atoms with E-state index in [-0.39, 0.29) is 9.03 Å². The highest BCUT2D eigenvalue weighted by molar-refractivity contribution is 7.26. The summed E-state index contributed by atoms with van der Waals surface area (Å²) >= 11 is 0. The van der Waals surface area contributed by atoms with E-state index in [1.807, 2.05) is 19.1 Å². The van der Waals surface area contributed by atoms with Gasteiger partial charge in [0.1, 0.15) is 5.75 Å². The Morgan fingerprint density at radius 3 is 2.33 bits per heavy atom. The second kappa shape index (κ2) is 7.59. The van der Waals surface area contributed by atoms with Crippen LogP contribution in [0.2, 0.25) is 0 Å². The van der Waals surface area contributed by atoms with Crippen LogP contribution in [0.3, 0.4) is 0 Å². The zero-order chi connectivity index (χ0) is 15.2. The standard InChI is InChI=1S/C18H23O2P/c1-5-19-21-20-18-9-7-6-8-16(18)12-17-14(3)10-13(2)11-15(17)4/h6-11,21H,5,12H2,1-4H3. The maximum absolute atomic E-state index is 5.76. The van der Waals surface area contributed by atoms with Crippen molar-refractivity contribution in [3.05, 3.63) is 64.2 Å². The van der Waals surface area contributed by atoms with Crippen molar-refractivity contribution in [3.8, 4) is 5.75 Å². The molecule has 2 nitrogen and oxygen atoms in total. The lowest BCUT2D eigenvalue weighted by Gasteiger charge is -2.14. The lowest BCUT2D eigenvalue weighted by atomic mass is 9.94. The van der Waals surface area contributed by atoms with E-state index in [1.54, 1.807) is 0 Å². The van der Waals surface area contributed by atoms with Crippen LogP contribution in [0.15, 0.2) is 36.4 Å². The Morgan fingerprint density at radius 1 is 1.00 bits per heavy atom. The zero-order valence-electron chi connectivity index (χ0n) is 13.2. The van der Waals surface area contributed by atoms with Gasteiger partial charge in [-0.05, 0) is 56.0 Å². The van der Waals surface area contributed by atoms with E-state index in [2.05, 4.69) is 45.0 Å². The zero-order valence-corrected chi connectivity index (χ0v) is 14.2. The molecule has 0 bridgehead atoms. The molecule has 0 aromatic heterocycles. The molecule has 0 N–H and O–H groups in total. The summed E-state index contributed by atoms with van der Waals surface area (Å²) < 4.78 is 11.1. The predicted octanol–water partition coefficient (Wildman–Crippen LogP) is 5.13. The molecule has 1 atom stereocenters. The maximum atomic E-state index is 5.76. The predicted molar refractivity (Wildman–Crippen MR) is 90.5 cm³/mol. The molecule has 2 aromatic rings. The van der Waals surface area contributed by atoms with Gasteiger partial charge in [0, 0.05) is 6.42 Å². The van der Waals surface area contributed by atoms with E-state index in [1.165, 1.54) is 27.8 Å². The van der Waals surface area contributed by atoms with Crippen molar-refractivity contribution in [2.24, 2.45) is 0 Å². The fourth-order valence-electron chi connectivity index (χ4n) is 2.56. The number of benzene rings is 2. The van der Waals surface area contributed by atoms with Crippen LogP contribution in [-0.2, 0) is 10.9 Å². The number of hydrogen-bond acceptors (Lipinski definition) is 2. The molecule has 2 rings (SSSR count). The fourth-order valence-corrected chi connectivity index (χ4v) is 3.03. The first kappa shape index (κ1) is 16.0. The van der Waals surface area contributed by atoms with E-state index in [4.69, 9.17) is 9.05 Å². The highest BCUT2D eigenvalue weighted by atomic mass is 31.1. The second-order valence-corrected chi connectivity index (χ2v) is 5.94. The van der Waals surface area contributed by atoms with Crippen LogP contribution in [0.25, 0.3) is 0 Å². The van der Waals surface area contributed by atoms with Crippen LogP contribution in [0.4, 0.5) is 0 Å². The summed E-state index contributed by atoms with van der Waals surface area (Å²) in [4.78, 5) is 0. The van der Waals surface area contributed by atoms with Gasteiger partial charge in [0.15, 0.2) is 0 Å². The van der Waals surface area contributed by atoms with E-state index in [9.17, 15) is 0 Å². The third-order valence-electron chi connectivity index (χ3n) is 3.54. The molecule has 0 aliphatic heterocycles. The van der Waals surface area contributed by atoms with E-state index >= 15 is 0 Å². The van der Waals surface area contributed by atoms with Gasteiger partial charge in [0.2, 0.25) is 9.03 Å². The minimum Gasteiger partial charge on any atom is -0.449 e. The fraction of sp³-hybridized carbons (Fsp3) is 0.333. The molecule has 2 aromatic carbocycles. The molecule has 112 valence electrons. The number of aryl methyl sites for hydroxylation is 3. The molecule has 0 aliphatic carbocycles. The number of rotatable bonds is 6. The Labute approximate surface area is 129 Å². The first-order chi connectivity index (χ1) is 10.1. The van der Waals surface area contributed by atoms with E-state index in [0.717, 1.165) is 12.2 Å². The first-order valence-electron chi connectivity index (χ1n) is 7.30. The Bertz CT molecular complexity index is 585. The Balaban J connectivity index is 2.23. The molecule has 0 aliphatic rings. The lowest BCUT2D eigenvalue weighted by Crippen LogP contribution is -1.98. The van der Waals surface area contributed by atoms with Crippen molar-refractivity contribution in [1.82, 2.24) is 0 Å². The van der Waals surface area contributed by atoms with Crippen molar-refractivity contribution in [2.45, 2.75) is 34.1 Å². The molecular formula is C18H23O2P. The molecule has 0 spiro atoms. The van der Waals surface area contributed by atoms with Gasteiger partial charge < -0.3 is 9.05 Å². The minimum atomic E-state index is 0.0593. The highest BCUT2D eigenvalue weighted by Crippen LogP contribution is 2.29. The lowest BCUT2D eigenvalue weighted by molar-refractivity contribution is 0.350. The van der Waals surface area contributed by atoms with Gasteiger partial charge in [-0.15, -0.1) is 0 Å². The highest BCUT2D eigenvalue weighted by Gasteiger charge is 2.09. The third kappa shape index (κ3) is 4.30. The average molecular weight is 302 g/mol. The normalized spacial score (nSPS) is 11.2. The van der Waals surface area contributed by atoms with Crippen molar-refractivity contribution in [1.29, 1.82) is 0 Å². The third-order valence-corrected chi connectivity index (χ3v) is 4.24. The minimum absolute atomic E-state index is 0.0593. The molecular weight excluding hydrogens is 279 g/mol. The summed E-state index contributed by atoms with van der Waals surface area (Å²) in [6.45, 7) is 9.16. The molecule has 0 amide bonds. The Kier molecular flexibility index (Phi) is 5.78. The van der Waals surface area contributed by atoms with Gasteiger partial charge in [0.05, 0.1) is 6.61 Å². The summed E-state index contributed by atoms with van der Waals surface area (Å²) in [6.07, 6.45) is 0.894. The van der Waals surface area contributed by atoms with Gasteiger partial charge in [-0.3, -0.25) is 0 Å². The molecule has 3 heteroatoms. The molecule has 1 unspecified atom stereocenters. The van der Waals surface area contributed by atoms with Gasteiger partial charge in [-0.2, -0.15) is 0 Å². The van der Waals surface area contributed by atoms with Gasteiger partial charge in [-0.1, -0.05) is 35.9 Å². The van der Waals surface area contributed by atoms with Crippen LogP contribution in [0, 0.1) is 20.8 Å². The number of para-hydroxylation sites is 1. The van der Waals surface area contributed by atoms with Crippen molar-refractivity contribution < 1.29 is 9.05 Å². The van der Waals surface area contributed by atoms with Crippen LogP contribution < -0.4 is 4.52 Å². The molecule has 0 saturated heterocycles. The summed E-state index contributed by atoms with van der Waals surface area (Å²) in [7, 11) is 0.0593. The van der Waals surface area contributed by atoms with Gasteiger partial charge in [0.25, 0.3) is 0 Å². The van der Waals surface area contributed by atoms with Crippen molar-refractivity contribution in [2.75, 3.05) is 6.61 Å². The topological polar surface area (TPSA) is 18.5 Å². The molecule has 0 saturated carbocycles. The van der Waals surface area contributed by atoms with Crippen LogP contribution >= 0.6 is 9.03 Å². The SMILES string of the molecule is CCOPOc1ccccc1Cc1c(C)cc(C)cc1C. The molecule has 0 radical (unpaired) electrons.